The number of pyridine rings is 1. The average molecular weight is 283 g/mol. The van der Waals surface area contributed by atoms with Gasteiger partial charge in [0.15, 0.2) is 0 Å². The molecular weight excluding hydrogens is 266 g/mol. The van der Waals surface area contributed by atoms with Gasteiger partial charge in [0.2, 0.25) is 11.7 Å². The van der Waals surface area contributed by atoms with Crippen LogP contribution in [0, 0.1) is 16.0 Å². The van der Waals surface area contributed by atoms with Gasteiger partial charge in [-0.1, -0.05) is 13.3 Å². The maximum Gasteiger partial charge on any atom is 0.311 e. The summed E-state index contributed by atoms with van der Waals surface area (Å²) in [6.45, 7) is 1.95. The molecule has 0 aliphatic rings. The minimum atomic E-state index is -0.940. The molecule has 0 aliphatic carbocycles. The maximum atomic E-state index is 11.0. The lowest BCUT2D eigenvalue weighted by Crippen LogP contribution is -2.23. The summed E-state index contributed by atoms with van der Waals surface area (Å²) in [5.74, 6) is -1.32. The fraction of sp³-hybridized carbons (Fsp3) is 0.500. The number of rotatable bonds is 8. The van der Waals surface area contributed by atoms with Crippen molar-refractivity contribution in [2.24, 2.45) is 5.92 Å². The van der Waals surface area contributed by atoms with Gasteiger partial charge >= 0.3 is 11.7 Å². The summed E-state index contributed by atoms with van der Waals surface area (Å²) >= 11 is 0. The fourth-order valence-corrected chi connectivity index (χ4v) is 1.71. The molecule has 8 heteroatoms. The fourth-order valence-electron chi connectivity index (χ4n) is 1.71. The SMILES string of the molecule is CCCC(CNc1nc(OC)ccc1[N+](=O)[O-])C(=O)O. The van der Waals surface area contributed by atoms with E-state index >= 15 is 0 Å². The molecule has 1 aromatic heterocycles. The average Bonchev–Trinajstić information content (AvgIpc) is 2.42. The Morgan fingerprint density at radius 2 is 2.30 bits per heavy atom. The standard InChI is InChI=1S/C12H17N3O5/c1-3-4-8(12(16)17)7-13-11-9(15(18)19)5-6-10(14-11)20-2/h5-6,8H,3-4,7H2,1-2H3,(H,13,14)(H,16,17). The number of hydrogen-bond acceptors (Lipinski definition) is 6. The Labute approximate surface area is 115 Å². The largest absolute Gasteiger partial charge is 0.481 e. The number of carboxylic acids is 1. The van der Waals surface area contributed by atoms with Gasteiger partial charge in [0.25, 0.3) is 0 Å². The van der Waals surface area contributed by atoms with Gasteiger partial charge in [-0.05, 0) is 6.42 Å². The minimum absolute atomic E-state index is 0.0108. The third-order valence-corrected chi connectivity index (χ3v) is 2.76. The number of anilines is 1. The first-order chi connectivity index (χ1) is 9.49. The molecule has 0 aromatic carbocycles. The molecule has 1 atom stereocenters. The number of ether oxygens (including phenoxy) is 1. The van der Waals surface area contributed by atoms with Crippen LogP contribution >= 0.6 is 0 Å². The minimum Gasteiger partial charge on any atom is -0.481 e. The molecule has 20 heavy (non-hydrogen) atoms. The van der Waals surface area contributed by atoms with E-state index in [0.717, 1.165) is 0 Å². The lowest BCUT2D eigenvalue weighted by molar-refractivity contribution is -0.384. The molecule has 0 aliphatic heterocycles. The summed E-state index contributed by atoms with van der Waals surface area (Å²) in [5, 5.41) is 22.7. The predicted molar refractivity (Wildman–Crippen MR) is 72.0 cm³/mol. The summed E-state index contributed by atoms with van der Waals surface area (Å²) in [6, 6.07) is 2.65. The van der Waals surface area contributed by atoms with Crippen LogP contribution < -0.4 is 10.1 Å². The van der Waals surface area contributed by atoms with E-state index in [-0.39, 0.29) is 23.9 Å². The van der Waals surface area contributed by atoms with Crippen LogP contribution in [0.3, 0.4) is 0 Å². The number of carboxylic acid groups (broad SMARTS) is 1. The van der Waals surface area contributed by atoms with Crippen LogP contribution in [-0.2, 0) is 4.79 Å². The van der Waals surface area contributed by atoms with Gasteiger partial charge in [0, 0.05) is 18.7 Å². The third kappa shape index (κ3) is 4.08. The van der Waals surface area contributed by atoms with Crippen molar-refractivity contribution in [3.63, 3.8) is 0 Å². The Balaban J connectivity index is 2.89. The second-order valence-corrected chi connectivity index (χ2v) is 4.18. The van der Waals surface area contributed by atoms with Gasteiger partial charge < -0.3 is 15.2 Å². The Hall–Kier alpha value is -2.38. The topological polar surface area (TPSA) is 115 Å². The van der Waals surface area contributed by atoms with Crippen LogP contribution in [-0.4, -0.2) is 34.6 Å². The monoisotopic (exact) mass is 283 g/mol. The Bertz CT molecular complexity index is 492. The third-order valence-electron chi connectivity index (χ3n) is 2.76. The number of nitrogens with zero attached hydrogens (tertiary/aromatic N) is 2. The first kappa shape index (κ1) is 15.7. The van der Waals surface area contributed by atoms with Gasteiger partial charge in [-0.3, -0.25) is 14.9 Å². The summed E-state index contributed by atoms with van der Waals surface area (Å²) in [4.78, 5) is 25.3. The number of nitro groups is 1. The number of aliphatic carboxylic acids is 1. The molecule has 2 N–H and O–H groups in total. The van der Waals surface area contributed by atoms with E-state index in [0.29, 0.717) is 12.8 Å². The van der Waals surface area contributed by atoms with Crippen LogP contribution in [0.4, 0.5) is 11.5 Å². The lowest BCUT2D eigenvalue weighted by atomic mass is 10.0. The molecule has 0 saturated carbocycles. The second-order valence-electron chi connectivity index (χ2n) is 4.18. The number of methoxy groups -OCH3 is 1. The van der Waals surface area contributed by atoms with Gasteiger partial charge in [0.1, 0.15) is 0 Å². The van der Waals surface area contributed by atoms with Crippen LogP contribution in [0.1, 0.15) is 19.8 Å². The molecule has 1 heterocycles. The van der Waals surface area contributed by atoms with E-state index in [4.69, 9.17) is 9.84 Å². The first-order valence-electron chi connectivity index (χ1n) is 6.15. The highest BCUT2D eigenvalue weighted by Crippen LogP contribution is 2.25. The van der Waals surface area contributed by atoms with Crippen molar-refractivity contribution in [3.8, 4) is 5.88 Å². The molecule has 1 aromatic rings. The van der Waals surface area contributed by atoms with Crippen molar-refractivity contribution in [2.75, 3.05) is 19.0 Å². The van der Waals surface area contributed by atoms with Gasteiger partial charge in [0.05, 0.1) is 18.0 Å². The number of nitrogens with one attached hydrogen (secondary N) is 1. The Kier molecular flexibility index (Phi) is 5.70. The molecule has 0 bridgehead atoms. The van der Waals surface area contributed by atoms with E-state index in [1.807, 2.05) is 6.92 Å². The van der Waals surface area contributed by atoms with E-state index in [1.54, 1.807) is 0 Å². The Morgan fingerprint density at radius 1 is 1.60 bits per heavy atom. The molecule has 0 fully saturated rings. The number of aromatic nitrogens is 1. The van der Waals surface area contributed by atoms with Gasteiger partial charge in [-0.15, -0.1) is 0 Å². The highest BCUT2D eigenvalue weighted by Gasteiger charge is 2.20. The zero-order chi connectivity index (χ0) is 15.1. The number of carbonyl (C=O) groups is 1. The van der Waals surface area contributed by atoms with Gasteiger partial charge in [-0.25, -0.2) is 0 Å². The van der Waals surface area contributed by atoms with E-state index in [9.17, 15) is 14.9 Å². The molecule has 8 nitrogen and oxygen atoms in total. The van der Waals surface area contributed by atoms with Crippen molar-refractivity contribution >= 4 is 17.5 Å². The molecule has 0 saturated heterocycles. The van der Waals surface area contributed by atoms with E-state index in [1.165, 1.54) is 19.2 Å². The van der Waals surface area contributed by atoms with Gasteiger partial charge in [-0.2, -0.15) is 4.98 Å². The normalized spacial score (nSPS) is 11.7. The highest BCUT2D eigenvalue weighted by molar-refractivity contribution is 5.71. The quantitative estimate of drug-likeness (QED) is 0.553. The van der Waals surface area contributed by atoms with E-state index in [2.05, 4.69) is 10.3 Å². The van der Waals surface area contributed by atoms with Crippen molar-refractivity contribution in [2.45, 2.75) is 19.8 Å². The molecule has 0 radical (unpaired) electrons. The summed E-state index contributed by atoms with van der Waals surface area (Å²) in [6.07, 6.45) is 1.20. The molecular formula is C12H17N3O5. The summed E-state index contributed by atoms with van der Waals surface area (Å²) in [5.41, 5.74) is -0.216. The maximum absolute atomic E-state index is 11.0. The predicted octanol–water partition coefficient (Wildman–Crippen LogP) is 1.91. The lowest BCUT2D eigenvalue weighted by Gasteiger charge is -2.13. The summed E-state index contributed by atoms with van der Waals surface area (Å²) < 4.78 is 4.90. The highest BCUT2D eigenvalue weighted by atomic mass is 16.6. The Morgan fingerprint density at radius 3 is 2.80 bits per heavy atom. The van der Waals surface area contributed by atoms with Crippen molar-refractivity contribution in [1.29, 1.82) is 0 Å². The molecule has 1 unspecified atom stereocenters. The van der Waals surface area contributed by atoms with Crippen LogP contribution in [0.2, 0.25) is 0 Å². The smallest absolute Gasteiger partial charge is 0.311 e. The first-order valence-corrected chi connectivity index (χ1v) is 6.15. The zero-order valence-corrected chi connectivity index (χ0v) is 11.3. The summed E-state index contributed by atoms with van der Waals surface area (Å²) in [7, 11) is 1.40. The zero-order valence-electron chi connectivity index (χ0n) is 11.3. The molecule has 0 spiro atoms. The van der Waals surface area contributed by atoms with Crippen LogP contribution in [0.15, 0.2) is 12.1 Å². The molecule has 0 amide bonds. The molecule has 1 rings (SSSR count). The van der Waals surface area contributed by atoms with Crippen LogP contribution in [0.25, 0.3) is 0 Å². The van der Waals surface area contributed by atoms with Crippen molar-refractivity contribution in [1.82, 2.24) is 4.98 Å². The van der Waals surface area contributed by atoms with E-state index < -0.39 is 16.8 Å². The molecule has 110 valence electrons. The van der Waals surface area contributed by atoms with Crippen LogP contribution in [0.5, 0.6) is 5.88 Å². The number of hydrogen-bond donors (Lipinski definition) is 2. The van der Waals surface area contributed by atoms with Crippen molar-refractivity contribution < 1.29 is 19.6 Å². The van der Waals surface area contributed by atoms with Crippen molar-refractivity contribution in [3.05, 3.63) is 22.2 Å². The second kappa shape index (κ2) is 7.27.